The third-order valence-corrected chi connectivity index (χ3v) is 3.56. The highest BCUT2D eigenvalue weighted by Gasteiger charge is 2.06. The summed E-state index contributed by atoms with van der Waals surface area (Å²) in [6, 6.07) is 6.44. The van der Waals surface area contributed by atoms with Gasteiger partial charge in [0.25, 0.3) is 5.22 Å². The Morgan fingerprint density at radius 2 is 2.28 bits per heavy atom. The van der Waals surface area contributed by atoms with Gasteiger partial charge in [-0.2, -0.15) is 0 Å². The van der Waals surface area contributed by atoms with Gasteiger partial charge in [0.1, 0.15) is 6.26 Å². The molecular weight excluding hydrogens is 268 g/mol. The van der Waals surface area contributed by atoms with Crippen LogP contribution in [0.15, 0.2) is 45.2 Å². The van der Waals surface area contributed by atoms with E-state index in [2.05, 4.69) is 24.1 Å². The van der Waals surface area contributed by atoms with E-state index in [1.807, 2.05) is 18.2 Å². The molecule has 0 bridgehead atoms. The molecule has 0 atom stereocenters. The van der Waals surface area contributed by atoms with Gasteiger partial charge >= 0.3 is 0 Å². The van der Waals surface area contributed by atoms with Gasteiger partial charge in [0.15, 0.2) is 0 Å². The van der Waals surface area contributed by atoms with Gasteiger partial charge in [0, 0.05) is 22.5 Å². The van der Waals surface area contributed by atoms with E-state index < -0.39 is 0 Å². The van der Waals surface area contributed by atoms with Crippen LogP contribution in [0.4, 0.5) is 0 Å². The van der Waals surface area contributed by atoms with Gasteiger partial charge in [-0.3, -0.25) is 0 Å². The highest BCUT2D eigenvalue weighted by Crippen LogP contribution is 2.29. The van der Waals surface area contributed by atoms with Crippen molar-refractivity contribution in [2.45, 2.75) is 36.6 Å². The first-order valence-corrected chi connectivity index (χ1v) is 6.94. The molecule has 0 aliphatic rings. The first-order chi connectivity index (χ1) is 8.65. The number of nitrogens with zero attached hydrogens (tertiary/aromatic N) is 1. The van der Waals surface area contributed by atoms with Crippen molar-refractivity contribution in [1.29, 1.82) is 0 Å². The number of nitrogens with one attached hydrogen (secondary N) is 1. The summed E-state index contributed by atoms with van der Waals surface area (Å²) in [4.78, 5) is 5.09. The van der Waals surface area contributed by atoms with Crippen molar-refractivity contribution in [3.05, 3.63) is 41.2 Å². The molecule has 1 aromatic heterocycles. The van der Waals surface area contributed by atoms with Crippen LogP contribution < -0.4 is 5.32 Å². The maximum atomic E-state index is 6.25. The summed E-state index contributed by atoms with van der Waals surface area (Å²) in [5, 5.41) is 4.73. The minimum atomic E-state index is 0.447. The summed E-state index contributed by atoms with van der Waals surface area (Å²) < 4.78 is 5.18. The largest absolute Gasteiger partial charge is 0.440 e. The molecule has 0 amide bonds. The third kappa shape index (κ3) is 3.77. The first kappa shape index (κ1) is 13.5. The van der Waals surface area contributed by atoms with Gasteiger partial charge < -0.3 is 9.73 Å². The quantitative estimate of drug-likeness (QED) is 0.900. The summed E-state index contributed by atoms with van der Waals surface area (Å²) >= 11 is 7.71. The standard InChI is InChI=1S/C13H15ClN2OS/c1-9(2)16-8-10-3-4-11(7-12(10)14)18-13-15-5-6-17-13/h3-7,9,16H,8H2,1-2H3. The van der Waals surface area contributed by atoms with E-state index >= 15 is 0 Å². The van der Waals surface area contributed by atoms with Crippen LogP contribution in [-0.4, -0.2) is 11.0 Å². The zero-order valence-corrected chi connectivity index (χ0v) is 11.9. The smallest absolute Gasteiger partial charge is 0.260 e. The Labute approximate surface area is 116 Å². The molecule has 1 heterocycles. The van der Waals surface area contributed by atoms with Gasteiger partial charge in [-0.15, -0.1) is 0 Å². The van der Waals surface area contributed by atoms with Crippen molar-refractivity contribution < 1.29 is 4.42 Å². The normalized spacial score (nSPS) is 11.1. The SMILES string of the molecule is CC(C)NCc1ccc(Sc2ncco2)cc1Cl. The average Bonchev–Trinajstić information content (AvgIpc) is 2.80. The van der Waals surface area contributed by atoms with Crippen LogP contribution >= 0.6 is 23.4 Å². The fourth-order valence-corrected chi connectivity index (χ4v) is 2.45. The molecule has 5 heteroatoms. The van der Waals surface area contributed by atoms with Crippen molar-refractivity contribution >= 4 is 23.4 Å². The lowest BCUT2D eigenvalue weighted by molar-refractivity contribution is 0.454. The van der Waals surface area contributed by atoms with Gasteiger partial charge in [0.05, 0.1) is 6.20 Å². The van der Waals surface area contributed by atoms with E-state index in [0.29, 0.717) is 11.3 Å². The fraction of sp³-hybridized carbons (Fsp3) is 0.308. The van der Waals surface area contributed by atoms with Gasteiger partial charge in [-0.1, -0.05) is 31.5 Å². The molecule has 0 fully saturated rings. The molecule has 0 spiro atoms. The summed E-state index contributed by atoms with van der Waals surface area (Å²) in [6.07, 6.45) is 3.19. The van der Waals surface area contributed by atoms with Crippen LogP contribution in [0.25, 0.3) is 0 Å². The molecule has 0 aliphatic heterocycles. The molecule has 0 saturated carbocycles. The van der Waals surface area contributed by atoms with Gasteiger partial charge in [0.2, 0.25) is 0 Å². The van der Waals surface area contributed by atoms with E-state index in [1.54, 1.807) is 12.5 Å². The Hall–Kier alpha value is -0.970. The van der Waals surface area contributed by atoms with E-state index in [1.165, 1.54) is 11.8 Å². The highest BCUT2D eigenvalue weighted by molar-refractivity contribution is 7.99. The maximum absolute atomic E-state index is 6.25. The predicted octanol–water partition coefficient (Wildman–Crippen LogP) is 3.98. The number of aromatic nitrogens is 1. The number of hydrogen-bond acceptors (Lipinski definition) is 4. The van der Waals surface area contributed by atoms with E-state index in [-0.39, 0.29) is 0 Å². The van der Waals surface area contributed by atoms with Crippen LogP contribution in [0.2, 0.25) is 5.02 Å². The van der Waals surface area contributed by atoms with Crippen LogP contribution in [-0.2, 0) is 6.54 Å². The van der Waals surface area contributed by atoms with Crippen LogP contribution in [0.3, 0.4) is 0 Å². The molecule has 0 radical (unpaired) electrons. The lowest BCUT2D eigenvalue weighted by Gasteiger charge is -2.10. The topological polar surface area (TPSA) is 38.1 Å². The van der Waals surface area contributed by atoms with E-state index in [9.17, 15) is 0 Å². The Morgan fingerprint density at radius 1 is 1.44 bits per heavy atom. The molecular formula is C13H15ClN2OS. The lowest BCUT2D eigenvalue weighted by atomic mass is 10.2. The summed E-state index contributed by atoms with van der Waals surface area (Å²) in [5.74, 6) is 0. The van der Waals surface area contributed by atoms with Gasteiger partial charge in [-0.25, -0.2) is 4.98 Å². The summed E-state index contributed by atoms with van der Waals surface area (Å²) in [5.41, 5.74) is 1.10. The molecule has 3 nitrogen and oxygen atoms in total. The fourth-order valence-electron chi connectivity index (χ4n) is 1.41. The molecule has 2 aromatic rings. The number of halogens is 1. The zero-order chi connectivity index (χ0) is 13.0. The molecule has 96 valence electrons. The number of benzene rings is 1. The van der Waals surface area contributed by atoms with Crippen LogP contribution in [0, 0.1) is 0 Å². The van der Waals surface area contributed by atoms with Crippen molar-refractivity contribution in [3.63, 3.8) is 0 Å². The lowest BCUT2D eigenvalue weighted by Crippen LogP contribution is -2.21. The van der Waals surface area contributed by atoms with E-state index in [4.69, 9.17) is 16.0 Å². The second-order valence-corrected chi connectivity index (χ2v) is 5.62. The molecule has 1 N–H and O–H groups in total. The zero-order valence-electron chi connectivity index (χ0n) is 10.3. The number of oxazole rings is 1. The molecule has 18 heavy (non-hydrogen) atoms. The van der Waals surface area contributed by atoms with Crippen molar-refractivity contribution in [2.75, 3.05) is 0 Å². The molecule has 0 saturated heterocycles. The van der Waals surface area contributed by atoms with Gasteiger partial charge in [-0.05, 0) is 29.5 Å². The second kappa shape index (κ2) is 6.27. The number of hydrogen-bond donors (Lipinski definition) is 1. The average molecular weight is 283 g/mol. The third-order valence-electron chi connectivity index (χ3n) is 2.34. The minimum absolute atomic E-state index is 0.447. The van der Waals surface area contributed by atoms with Crippen molar-refractivity contribution in [2.24, 2.45) is 0 Å². The Morgan fingerprint density at radius 3 is 2.89 bits per heavy atom. The second-order valence-electron chi connectivity index (χ2n) is 4.19. The first-order valence-electron chi connectivity index (χ1n) is 5.74. The Balaban J connectivity index is 2.05. The Bertz CT molecular complexity index is 500. The van der Waals surface area contributed by atoms with Crippen molar-refractivity contribution in [1.82, 2.24) is 10.3 Å². The molecule has 1 aromatic carbocycles. The van der Waals surface area contributed by atoms with Crippen molar-refractivity contribution in [3.8, 4) is 0 Å². The number of rotatable bonds is 5. The van der Waals surface area contributed by atoms with Crippen LogP contribution in [0.5, 0.6) is 0 Å². The highest BCUT2D eigenvalue weighted by atomic mass is 35.5. The molecule has 2 rings (SSSR count). The Kier molecular flexibility index (Phi) is 4.69. The van der Waals surface area contributed by atoms with E-state index in [0.717, 1.165) is 22.0 Å². The minimum Gasteiger partial charge on any atom is -0.440 e. The maximum Gasteiger partial charge on any atom is 0.260 e. The molecule has 0 aliphatic carbocycles. The molecule has 0 unspecified atom stereocenters. The summed E-state index contributed by atoms with van der Waals surface area (Å²) in [6.45, 7) is 5.00. The summed E-state index contributed by atoms with van der Waals surface area (Å²) in [7, 11) is 0. The monoisotopic (exact) mass is 282 g/mol. The van der Waals surface area contributed by atoms with Crippen LogP contribution in [0.1, 0.15) is 19.4 Å². The predicted molar refractivity (Wildman–Crippen MR) is 74.1 cm³/mol.